The van der Waals surface area contributed by atoms with Crippen molar-refractivity contribution in [3.63, 3.8) is 0 Å². The number of nitrogens with one attached hydrogen (secondary N) is 2. The van der Waals surface area contributed by atoms with Crippen molar-refractivity contribution in [2.75, 3.05) is 18.5 Å². The molecule has 0 aliphatic heterocycles. The maximum Gasteiger partial charge on any atom is 0.319 e. The summed E-state index contributed by atoms with van der Waals surface area (Å²) >= 11 is 0. The average molecular weight is 302 g/mol. The fourth-order valence-electron chi connectivity index (χ4n) is 2.06. The van der Waals surface area contributed by atoms with Crippen molar-refractivity contribution >= 4 is 11.7 Å². The van der Waals surface area contributed by atoms with Crippen molar-refractivity contribution < 1.29 is 13.9 Å². The molecule has 0 aromatic heterocycles. The summed E-state index contributed by atoms with van der Waals surface area (Å²) in [6, 6.07) is 11.4. The summed E-state index contributed by atoms with van der Waals surface area (Å²) in [5.41, 5.74) is 2.82. The molecule has 116 valence electrons. The molecule has 0 unspecified atom stereocenters. The molecule has 0 bridgehead atoms. The van der Waals surface area contributed by atoms with Gasteiger partial charge in [0.05, 0.1) is 6.54 Å². The van der Waals surface area contributed by atoms with Gasteiger partial charge in [0.25, 0.3) is 0 Å². The third-order valence-corrected chi connectivity index (χ3v) is 3.17. The first kappa shape index (κ1) is 15.8. The number of aryl methyl sites for hydroxylation is 2. The van der Waals surface area contributed by atoms with Gasteiger partial charge in [0.15, 0.2) is 0 Å². The molecule has 0 spiro atoms. The van der Waals surface area contributed by atoms with Crippen LogP contribution < -0.4 is 15.4 Å². The summed E-state index contributed by atoms with van der Waals surface area (Å²) in [6.07, 6.45) is 0. The number of benzene rings is 2. The number of carbonyl (C=O) groups is 1. The highest BCUT2D eigenvalue weighted by molar-refractivity contribution is 5.90. The second kappa shape index (κ2) is 7.45. The molecule has 0 radical (unpaired) electrons. The largest absolute Gasteiger partial charge is 0.492 e. The van der Waals surface area contributed by atoms with Crippen molar-refractivity contribution in [2.24, 2.45) is 0 Å². The summed E-state index contributed by atoms with van der Waals surface area (Å²) in [5.74, 6) is 0.0928. The van der Waals surface area contributed by atoms with Gasteiger partial charge in [-0.15, -0.1) is 0 Å². The van der Waals surface area contributed by atoms with Gasteiger partial charge in [-0.1, -0.05) is 24.3 Å². The van der Waals surface area contributed by atoms with Gasteiger partial charge in [-0.2, -0.15) is 0 Å². The zero-order valence-corrected chi connectivity index (χ0v) is 12.7. The molecular formula is C17H19FN2O2. The van der Waals surface area contributed by atoms with Crippen LogP contribution in [-0.2, 0) is 0 Å². The molecule has 2 amide bonds. The average Bonchev–Trinajstić information content (AvgIpc) is 2.48. The van der Waals surface area contributed by atoms with Gasteiger partial charge >= 0.3 is 6.03 Å². The standard InChI is InChI=1S/C17H19FN2O2/c1-12-5-3-6-13(2)16(12)20-17(21)19-9-10-22-15-8-4-7-14(18)11-15/h3-8,11H,9-10H2,1-2H3,(H2,19,20,21). The molecule has 0 heterocycles. The summed E-state index contributed by atoms with van der Waals surface area (Å²) in [4.78, 5) is 11.8. The van der Waals surface area contributed by atoms with Crippen molar-refractivity contribution in [1.29, 1.82) is 0 Å². The fraction of sp³-hybridized carbons (Fsp3) is 0.235. The van der Waals surface area contributed by atoms with E-state index >= 15 is 0 Å². The zero-order chi connectivity index (χ0) is 15.9. The van der Waals surface area contributed by atoms with Crippen molar-refractivity contribution in [1.82, 2.24) is 5.32 Å². The van der Waals surface area contributed by atoms with Gasteiger partial charge in [-0.3, -0.25) is 0 Å². The minimum absolute atomic E-state index is 0.267. The highest BCUT2D eigenvalue weighted by Crippen LogP contribution is 2.19. The molecule has 5 heteroatoms. The number of rotatable bonds is 5. The molecule has 2 N–H and O–H groups in total. The lowest BCUT2D eigenvalue weighted by Gasteiger charge is -2.12. The van der Waals surface area contributed by atoms with Gasteiger partial charge in [-0.25, -0.2) is 9.18 Å². The van der Waals surface area contributed by atoms with E-state index in [0.717, 1.165) is 16.8 Å². The topological polar surface area (TPSA) is 50.4 Å². The minimum Gasteiger partial charge on any atom is -0.492 e. The third kappa shape index (κ3) is 4.48. The van der Waals surface area contributed by atoms with E-state index in [-0.39, 0.29) is 18.5 Å². The molecule has 0 fully saturated rings. The smallest absolute Gasteiger partial charge is 0.319 e. The van der Waals surface area contributed by atoms with Crippen LogP contribution in [0.2, 0.25) is 0 Å². The van der Waals surface area contributed by atoms with Gasteiger partial charge in [0.1, 0.15) is 18.2 Å². The summed E-state index contributed by atoms with van der Waals surface area (Å²) in [5, 5.41) is 5.52. The summed E-state index contributed by atoms with van der Waals surface area (Å²) < 4.78 is 18.3. The number of amides is 2. The lowest BCUT2D eigenvalue weighted by molar-refractivity contribution is 0.247. The highest BCUT2D eigenvalue weighted by Gasteiger charge is 2.06. The van der Waals surface area contributed by atoms with E-state index in [9.17, 15) is 9.18 Å². The Kier molecular flexibility index (Phi) is 5.36. The summed E-state index contributed by atoms with van der Waals surface area (Å²) in [6.45, 7) is 4.47. The lowest BCUT2D eigenvalue weighted by Crippen LogP contribution is -2.32. The van der Waals surface area contributed by atoms with E-state index in [1.165, 1.54) is 12.1 Å². The molecule has 2 rings (SSSR count). The fourth-order valence-corrected chi connectivity index (χ4v) is 2.06. The molecule has 0 aliphatic carbocycles. The lowest BCUT2D eigenvalue weighted by atomic mass is 10.1. The number of para-hydroxylation sites is 1. The van der Waals surface area contributed by atoms with E-state index in [0.29, 0.717) is 12.3 Å². The van der Waals surface area contributed by atoms with Crippen LogP contribution in [0.1, 0.15) is 11.1 Å². The predicted molar refractivity (Wildman–Crippen MR) is 84.8 cm³/mol. The van der Waals surface area contributed by atoms with Crippen molar-refractivity contribution in [2.45, 2.75) is 13.8 Å². The maximum absolute atomic E-state index is 13.0. The monoisotopic (exact) mass is 302 g/mol. The van der Waals surface area contributed by atoms with Gasteiger partial charge < -0.3 is 15.4 Å². The van der Waals surface area contributed by atoms with Crippen LogP contribution >= 0.6 is 0 Å². The normalized spacial score (nSPS) is 10.1. The van der Waals surface area contributed by atoms with Crippen LogP contribution in [0.4, 0.5) is 14.9 Å². The first-order valence-corrected chi connectivity index (χ1v) is 7.05. The number of hydrogen-bond donors (Lipinski definition) is 2. The van der Waals surface area contributed by atoms with Crippen LogP contribution in [0.15, 0.2) is 42.5 Å². The van der Waals surface area contributed by atoms with E-state index < -0.39 is 0 Å². The third-order valence-electron chi connectivity index (χ3n) is 3.17. The quantitative estimate of drug-likeness (QED) is 0.828. The Bertz CT molecular complexity index is 639. The Hall–Kier alpha value is -2.56. The first-order chi connectivity index (χ1) is 10.6. The number of urea groups is 1. The maximum atomic E-state index is 13.0. The van der Waals surface area contributed by atoms with Crippen LogP contribution in [-0.4, -0.2) is 19.2 Å². The Balaban J connectivity index is 1.76. The molecule has 2 aromatic rings. The molecule has 4 nitrogen and oxygen atoms in total. The molecule has 0 atom stereocenters. The first-order valence-electron chi connectivity index (χ1n) is 7.05. The molecule has 0 saturated heterocycles. The Morgan fingerprint density at radius 1 is 1.14 bits per heavy atom. The van der Waals surface area contributed by atoms with E-state index in [1.54, 1.807) is 12.1 Å². The number of anilines is 1. The Morgan fingerprint density at radius 3 is 2.50 bits per heavy atom. The predicted octanol–water partition coefficient (Wildman–Crippen LogP) is 3.64. The van der Waals surface area contributed by atoms with Gasteiger partial charge in [-0.05, 0) is 37.1 Å². The molecule has 0 saturated carbocycles. The van der Waals surface area contributed by atoms with Crippen LogP contribution in [0, 0.1) is 19.7 Å². The van der Waals surface area contributed by atoms with Crippen molar-refractivity contribution in [3.8, 4) is 5.75 Å². The van der Waals surface area contributed by atoms with Crippen LogP contribution in [0.25, 0.3) is 0 Å². The van der Waals surface area contributed by atoms with Crippen LogP contribution in [0.3, 0.4) is 0 Å². The number of carbonyl (C=O) groups excluding carboxylic acids is 1. The second-order valence-corrected chi connectivity index (χ2v) is 4.95. The Morgan fingerprint density at radius 2 is 1.82 bits per heavy atom. The molecule has 0 aliphatic rings. The Labute approximate surface area is 129 Å². The van der Waals surface area contributed by atoms with Crippen molar-refractivity contribution in [3.05, 3.63) is 59.4 Å². The van der Waals surface area contributed by atoms with Crippen LogP contribution in [0.5, 0.6) is 5.75 Å². The molecule has 22 heavy (non-hydrogen) atoms. The molecule has 2 aromatic carbocycles. The molecular weight excluding hydrogens is 283 g/mol. The minimum atomic E-state index is -0.349. The van der Waals surface area contributed by atoms with E-state index in [2.05, 4.69) is 10.6 Å². The van der Waals surface area contributed by atoms with E-state index in [1.807, 2.05) is 32.0 Å². The summed E-state index contributed by atoms with van der Waals surface area (Å²) in [7, 11) is 0. The second-order valence-electron chi connectivity index (χ2n) is 4.95. The zero-order valence-electron chi connectivity index (χ0n) is 12.7. The van der Waals surface area contributed by atoms with Gasteiger partial charge in [0, 0.05) is 11.8 Å². The highest BCUT2D eigenvalue weighted by atomic mass is 19.1. The van der Waals surface area contributed by atoms with Gasteiger partial charge in [0.2, 0.25) is 0 Å². The van der Waals surface area contributed by atoms with E-state index in [4.69, 9.17) is 4.74 Å². The number of hydrogen-bond acceptors (Lipinski definition) is 2. The number of ether oxygens (including phenoxy) is 1. The SMILES string of the molecule is Cc1cccc(C)c1NC(=O)NCCOc1cccc(F)c1. The number of halogens is 1.